The summed E-state index contributed by atoms with van der Waals surface area (Å²) in [4.78, 5) is 0.326. The predicted molar refractivity (Wildman–Crippen MR) is 110 cm³/mol. The zero-order valence-electron chi connectivity index (χ0n) is 16.1. The zero-order chi connectivity index (χ0) is 19.3. The second kappa shape index (κ2) is 8.41. The fraction of sp³-hybridized carbons (Fsp3) is 0.381. The highest BCUT2D eigenvalue weighted by atomic mass is 32.1. The van der Waals surface area contributed by atoms with Gasteiger partial charge in [0.25, 0.3) is 0 Å². The molecule has 0 aliphatic heterocycles. The minimum absolute atomic E-state index is 0.0174. The van der Waals surface area contributed by atoms with E-state index in [0.717, 1.165) is 11.3 Å². The van der Waals surface area contributed by atoms with Gasteiger partial charge in [0.2, 0.25) is 0 Å². The molecule has 0 unspecified atom stereocenters. The van der Waals surface area contributed by atoms with Gasteiger partial charge in [-0.05, 0) is 47.7 Å². The maximum Gasteiger partial charge on any atom is 0.161 e. The first-order chi connectivity index (χ1) is 12.2. The summed E-state index contributed by atoms with van der Waals surface area (Å²) in [5, 5.41) is 0. The van der Waals surface area contributed by atoms with Gasteiger partial charge in [0.1, 0.15) is 24.0 Å². The quantitative estimate of drug-likeness (QED) is 0.576. The molecule has 2 aromatic rings. The van der Waals surface area contributed by atoms with Crippen LogP contribution in [0, 0.1) is 6.92 Å². The molecule has 4 nitrogen and oxygen atoms in total. The molecule has 0 bridgehead atoms. The van der Waals surface area contributed by atoms with Crippen LogP contribution in [0.4, 0.5) is 0 Å². The van der Waals surface area contributed by atoms with E-state index in [-0.39, 0.29) is 5.41 Å². The highest BCUT2D eigenvalue weighted by molar-refractivity contribution is 7.80. The van der Waals surface area contributed by atoms with Crippen LogP contribution in [0.1, 0.15) is 37.5 Å². The molecule has 0 radical (unpaired) electrons. The summed E-state index contributed by atoms with van der Waals surface area (Å²) < 4.78 is 17.2. The first-order valence-corrected chi connectivity index (χ1v) is 8.98. The van der Waals surface area contributed by atoms with Gasteiger partial charge in [-0.3, -0.25) is 0 Å². The third-order valence-corrected chi connectivity index (χ3v) is 4.23. The summed E-state index contributed by atoms with van der Waals surface area (Å²) in [5.74, 6) is 2.13. The van der Waals surface area contributed by atoms with Gasteiger partial charge in [-0.15, -0.1) is 0 Å². The normalized spacial score (nSPS) is 11.1. The average molecular weight is 374 g/mol. The standard InChI is InChI=1S/C21H27NO3S/c1-14-6-8-16(21(2,3)4)18(12-14)25-11-10-24-17-9-7-15(20(22)26)13-19(17)23-5/h6-9,12-13H,10-11H2,1-5H3,(H2,22,26). The van der Waals surface area contributed by atoms with E-state index in [2.05, 4.69) is 45.9 Å². The van der Waals surface area contributed by atoms with Crippen molar-refractivity contribution in [3.8, 4) is 17.2 Å². The minimum atomic E-state index is 0.0174. The van der Waals surface area contributed by atoms with Crippen LogP contribution in [-0.4, -0.2) is 25.3 Å². The number of nitrogens with two attached hydrogens (primary N) is 1. The highest BCUT2D eigenvalue weighted by Gasteiger charge is 2.19. The fourth-order valence-electron chi connectivity index (χ4n) is 2.61. The highest BCUT2D eigenvalue weighted by Crippen LogP contribution is 2.32. The number of aryl methyl sites for hydroxylation is 1. The van der Waals surface area contributed by atoms with Crippen LogP contribution in [0.5, 0.6) is 17.2 Å². The van der Waals surface area contributed by atoms with Crippen LogP contribution in [0.3, 0.4) is 0 Å². The molecule has 0 spiro atoms. The van der Waals surface area contributed by atoms with Crippen molar-refractivity contribution >= 4 is 17.2 Å². The lowest BCUT2D eigenvalue weighted by molar-refractivity contribution is 0.208. The Kier molecular flexibility index (Phi) is 6.48. The molecule has 0 saturated heterocycles. The van der Waals surface area contributed by atoms with Crippen molar-refractivity contribution in [3.63, 3.8) is 0 Å². The van der Waals surface area contributed by atoms with E-state index in [9.17, 15) is 0 Å². The average Bonchev–Trinajstić information content (AvgIpc) is 2.57. The Balaban J connectivity index is 2.02. The van der Waals surface area contributed by atoms with Crippen LogP contribution in [0.15, 0.2) is 36.4 Å². The predicted octanol–water partition coefficient (Wildman–Crippen LogP) is 4.39. The number of hydrogen-bond donors (Lipinski definition) is 1. The van der Waals surface area contributed by atoms with E-state index in [1.807, 2.05) is 6.07 Å². The Hall–Kier alpha value is -2.27. The lowest BCUT2D eigenvalue weighted by Gasteiger charge is -2.23. The first kappa shape index (κ1) is 20.0. The van der Waals surface area contributed by atoms with E-state index in [4.69, 9.17) is 32.2 Å². The van der Waals surface area contributed by atoms with Gasteiger partial charge in [0.05, 0.1) is 7.11 Å². The number of methoxy groups -OCH3 is 1. The lowest BCUT2D eigenvalue weighted by atomic mass is 9.86. The molecule has 2 N–H and O–H groups in total. The molecule has 0 heterocycles. The van der Waals surface area contributed by atoms with Crippen molar-refractivity contribution in [2.24, 2.45) is 5.73 Å². The molecule has 5 heteroatoms. The number of hydrogen-bond acceptors (Lipinski definition) is 4. The minimum Gasteiger partial charge on any atom is -0.493 e. The van der Waals surface area contributed by atoms with Gasteiger partial charge in [-0.1, -0.05) is 45.1 Å². The summed E-state index contributed by atoms with van der Waals surface area (Å²) in [6, 6.07) is 11.7. The molecule has 0 fully saturated rings. The molecule has 0 saturated carbocycles. The van der Waals surface area contributed by atoms with Crippen molar-refractivity contribution in [3.05, 3.63) is 53.1 Å². The van der Waals surface area contributed by atoms with Crippen molar-refractivity contribution in [1.82, 2.24) is 0 Å². The summed E-state index contributed by atoms with van der Waals surface area (Å²) in [7, 11) is 1.59. The molecular weight excluding hydrogens is 346 g/mol. The number of benzene rings is 2. The second-order valence-electron chi connectivity index (χ2n) is 7.18. The molecule has 0 amide bonds. The summed E-state index contributed by atoms with van der Waals surface area (Å²) in [6.07, 6.45) is 0. The maximum atomic E-state index is 6.00. The Morgan fingerprint density at radius 3 is 2.19 bits per heavy atom. The smallest absolute Gasteiger partial charge is 0.161 e. The Labute approximate surface area is 161 Å². The second-order valence-corrected chi connectivity index (χ2v) is 7.62. The molecule has 0 aliphatic rings. The van der Waals surface area contributed by atoms with E-state index in [1.165, 1.54) is 11.1 Å². The van der Waals surface area contributed by atoms with Crippen LogP contribution >= 0.6 is 12.2 Å². The number of thiocarbonyl (C=S) groups is 1. The van der Waals surface area contributed by atoms with Gasteiger partial charge in [0.15, 0.2) is 11.5 Å². The van der Waals surface area contributed by atoms with Crippen molar-refractivity contribution in [2.75, 3.05) is 20.3 Å². The third-order valence-electron chi connectivity index (χ3n) is 3.99. The third kappa shape index (κ3) is 5.11. The molecule has 0 atom stereocenters. The van der Waals surface area contributed by atoms with Gasteiger partial charge in [-0.25, -0.2) is 0 Å². The Morgan fingerprint density at radius 2 is 1.62 bits per heavy atom. The van der Waals surface area contributed by atoms with Crippen LogP contribution in [-0.2, 0) is 5.41 Å². The summed E-state index contributed by atoms with van der Waals surface area (Å²) in [6.45, 7) is 9.43. The van der Waals surface area contributed by atoms with Gasteiger partial charge >= 0.3 is 0 Å². The number of ether oxygens (including phenoxy) is 3. The van der Waals surface area contributed by atoms with Crippen LogP contribution < -0.4 is 19.9 Å². The van der Waals surface area contributed by atoms with E-state index in [0.29, 0.717) is 29.7 Å². The molecule has 2 aromatic carbocycles. The van der Waals surface area contributed by atoms with Crippen molar-refractivity contribution < 1.29 is 14.2 Å². The van der Waals surface area contributed by atoms with E-state index < -0.39 is 0 Å². The SMILES string of the molecule is COc1cc(C(N)=S)ccc1OCCOc1cc(C)ccc1C(C)(C)C. The monoisotopic (exact) mass is 373 g/mol. The van der Waals surface area contributed by atoms with E-state index >= 15 is 0 Å². The zero-order valence-corrected chi connectivity index (χ0v) is 16.9. The van der Waals surface area contributed by atoms with Crippen LogP contribution in [0.2, 0.25) is 0 Å². The molecule has 0 aromatic heterocycles. The number of rotatable bonds is 7. The topological polar surface area (TPSA) is 53.7 Å². The molecule has 26 heavy (non-hydrogen) atoms. The fourth-order valence-corrected chi connectivity index (χ4v) is 2.74. The van der Waals surface area contributed by atoms with Gasteiger partial charge in [0, 0.05) is 5.56 Å². The molecular formula is C21H27NO3S. The van der Waals surface area contributed by atoms with Gasteiger partial charge < -0.3 is 19.9 Å². The summed E-state index contributed by atoms with van der Waals surface area (Å²) in [5.41, 5.74) is 8.77. The van der Waals surface area contributed by atoms with Crippen molar-refractivity contribution in [2.45, 2.75) is 33.1 Å². The Morgan fingerprint density at radius 1 is 0.962 bits per heavy atom. The summed E-state index contributed by atoms with van der Waals surface area (Å²) >= 11 is 4.99. The van der Waals surface area contributed by atoms with Crippen LogP contribution in [0.25, 0.3) is 0 Å². The molecule has 2 rings (SSSR count). The Bertz CT molecular complexity index is 781. The van der Waals surface area contributed by atoms with Gasteiger partial charge in [-0.2, -0.15) is 0 Å². The molecule has 140 valence electrons. The first-order valence-electron chi connectivity index (χ1n) is 8.57. The molecule has 0 aliphatic carbocycles. The van der Waals surface area contributed by atoms with E-state index in [1.54, 1.807) is 19.2 Å². The lowest BCUT2D eigenvalue weighted by Crippen LogP contribution is -2.16. The largest absolute Gasteiger partial charge is 0.493 e. The van der Waals surface area contributed by atoms with Crippen molar-refractivity contribution in [1.29, 1.82) is 0 Å². The maximum absolute atomic E-state index is 6.00.